The minimum absolute atomic E-state index is 0.110. The van der Waals surface area contributed by atoms with Gasteiger partial charge < -0.3 is 5.32 Å². The lowest BCUT2D eigenvalue weighted by Gasteiger charge is -2.21. The van der Waals surface area contributed by atoms with Crippen LogP contribution in [0.15, 0.2) is 23.0 Å². The molecular formula is C13H18ClN3S. The zero-order valence-electron chi connectivity index (χ0n) is 10.9. The fourth-order valence-corrected chi connectivity index (χ4v) is 2.97. The number of nitrogens with one attached hydrogen (secondary N) is 1. The molecule has 0 aromatic carbocycles. The summed E-state index contributed by atoms with van der Waals surface area (Å²) in [6, 6.07) is 2.54. The maximum absolute atomic E-state index is 6.32. The zero-order valence-corrected chi connectivity index (χ0v) is 12.4. The van der Waals surface area contributed by atoms with Gasteiger partial charge >= 0.3 is 0 Å². The van der Waals surface area contributed by atoms with Crippen LogP contribution in [0.25, 0.3) is 0 Å². The van der Waals surface area contributed by atoms with Crippen LogP contribution in [0.3, 0.4) is 0 Å². The van der Waals surface area contributed by atoms with E-state index in [1.807, 2.05) is 4.68 Å². The molecule has 0 saturated carbocycles. The topological polar surface area (TPSA) is 29.9 Å². The average Bonchev–Trinajstić information content (AvgIpc) is 2.95. The number of nitrogens with zero attached hydrogens (tertiary/aromatic N) is 2. The number of rotatable bonds is 5. The van der Waals surface area contributed by atoms with E-state index in [1.54, 1.807) is 17.5 Å². The third kappa shape index (κ3) is 2.60. The second kappa shape index (κ2) is 5.87. The van der Waals surface area contributed by atoms with Crippen molar-refractivity contribution >= 4 is 22.9 Å². The summed E-state index contributed by atoms with van der Waals surface area (Å²) < 4.78 is 1.99. The number of halogens is 1. The highest BCUT2D eigenvalue weighted by atomic mass is 35.5. The maximum Gasteiger partial charge on any atom is 0.0837 e. The van der Waals surface area contributed by atoms with Crippen molar-refractivity contribution in [2.45, 2.75) is 32.9 Å². The molecule has 1 unspecified atom stereocenters. The van der Waals surface area contributed by atoms with Gasteiger partial charge in [0.1, 0.15) is 0 Å². The highest BCUT2D eigenvalue weighted by Gasteiger charge is 2.22. The Bertz CT molecular complexity index is 490. The zero-order chi connectivity index (χ0) is 13.1. The van der Waals surface area contributed by atoms with Gasteiger partial charge in [-0.1, -0.05) is 18.5 Å². The van der Waals surface area contributed by atoms with Crippen molar-refractivity contribution in [1.29, 1.82) is 0 Å². The molecule has 0 spiro atoms. The average molecular weight is 284 g/mol. The Balaban J connectivity index is 2.45. The van der Waals surface area contributed by atoms with Gasteiger partial charge in [0.15, 0.2) is 0 Å². The Morgan fingerprint density at radius 1 is 1.50 bits per heavy atom. The molecular weight excluding hydrogens is 266 g/mol. The van der Waals surface area contributed by atoms with Crippen molar-refractivity contribution in [3.63, 3.8) is 0 Å². The fraction of sp³-hybridized carbons (Fsp3) is 0.462. The first-order valence-electron chi connectivity index (χ1n) is 6.13. The van der Waals surface area contributed by atoms with Crippen LogP contribution in [0.1, 0.15) is 44.1 Å². The van der Waals surface area contributed by atoms with Crippen LogP contribution in [0.4, 0.5) is 0 Å². The molecule has 2 aromatic heterocycles. The molecule has 0 aliphatic rings. The summed E-state index contributed by atoms with van der Waals surface area (Å²) in [7, 11) is 0. The normalized spacial score (nSPS) is 13.2. The van der Waals surface area contributed by atoms with E-state index in [0.717, 1.165) is 17.3 Å². The highest BCUT2D eigenvalue weighted by Crippen LogP contribution is 2.31. The first-order chi connectivity index (χ1) is 8.65. The molecule has 2 aromatic rings. The van der Waals surface area contributed by atoms with Crippen LogP contribution in [0, 0.1) is 0 Å². The molecule has 1 atom stereocenters. The Kier molecular flexibility index (Phi) is 4.43. The van der Waals surface area contributed by atoms with Crippen LogP contribution in [0.2, 0.25) is 5.02 Å². The molecule has 2 rings (SSSR count). The largest absolute Gasteiger partial charge is 0.305 e. The van der Waals surface area contributed by atoms with E-state index < -0.39 is 0 Å². The third-order valence-corrected chi connectivity index (χ3v) is 3.83. The third-order valence-electron chi connectivity index (χ3n) is 2.83. The van der Waals surface area contributed by atoms with E-state index in [1.165, 1.54) is 5.56 Å². The van der Waals surface area contributed by atoms with Crippen LogP contribution >= 0.6 is 22.9 Å². The number of hydrogen-bond acceptors (Lipinski definition) is 3. The summed E-state index contributed by atoms with van der Waals surface area (Å²) in [6.07, 6.45) is 1.73. The van der Waals surface area contributed by atoms with Gasteiger partial charge in [-0.15, -0.1) is 0 Å². The number of thiophene rings is 1. The minimum atomic E-state index is 0.110. The number of hydrogen-bond donors (Lipinski definition) is 1. The summed E-state index contributed by atoms with van der Waals surface area (Å²) >= 11 is 8.01. The predicted octanol–water partition coefficient (Wildman–Crippen LogP) is 3.88. The van der Waals surface area contributed by atoms with E-state index in [2.05, 4.69) is 48.0 Å². The molecule has 0 amide bonds. The van der Waals surface area contributed by atoms with Gasteiger partial charge in [-0.05, 0) is 42.8 Å². The van der Waals surface area contributed by atoms with Gasteiger partial charge in [0.2, 0.25) is 0 Å². The van der Waals surface area contributed by atoms with Gasteiger partial charge in [-0.3, -0.25) is 4.68 Å². The Morgan fingerprint density at radius 3 is 2.83 bits per heavy atom. The molecule has 0 aliphatic carbocycles. The van der Waals surface area contributed by atoms with Gasteiger partial charge in [-0.25, -0.2) is 0 Å². The summed E-state index contributed by atoms with van der Waals surface area (Å²) in [5.74, 6) is 0. The summed E-state index contributed by atoms with van der Waals surface area (Å²) in [5, 5.41) is 12.8. The van der Waals surface area contributed by atoms with E-state index in [0.29, 0.717) is 6.04 Å². The summed E-state index contributed by atoms with van der Waals surface area (Å²) in [6.45, 7) is 7.22. The lowest BCUT2D eigenvalue weighted by Crippen LogP contribution is -2.25. The number of aromatic nitrogens is 2. The molecule has 0 aliphatic heterocycles. The van der Waals surface area contributed by atoms with Crippen molar-refractivity contribution in [2.24, 2.45) is 0 Å². The fourth-order valence-electron chi connectivity index (χ4n) is 2.05. The second-order valence-corrected chi connectivity index (χ2v) is 5.65. The van der Waals surface area contributed by atoms with Crippen LogP contribution in [-0.4, -0.2) is 16.3 Å². The first-order valence-corrected chi connectivity index (χ1v) is 7.45. The van der Waals surface area contributed by atoms with Gasteiger partial charge in [0.05, 0.1) is 23.0 Å². The van der Waals surface area contributed by atoms with E-state index in [9.17, 15) is 0 Å². The second-order valence-electron chi connectivity index (χ2n) is 4.46. The van der Waals surface area contributed by atoms with E-state index in [-0.39, 0.29) is 6.04 Å². The molecule has 3 nitrogen and oxygen atoms in total. The smallest absolute Gasteiger partial charge is 0.0837 e. The molecule has 0 radical (unpaired) electrons. The molecule has 0 fully saturated rings. The van der Waals surface area contributed by atoms with Crippen molar-refractivity contribution in [3.8, 4) is 0 Å². The minimum Gasteiger partial charge on any atom is -0.305 e. The van der Waals surface area contributed by atoms with Crippen molar-refractivity contribution in [1.82, 2.24) is 15.1 Å². The van der Waals surface area contributed by atoms with Crippen LogP contribution < -0.4 is 5.32 Å². The van der Waals surface area contributed by atoms with Gasteiger partial charge in [0.25, 0.3) is 0 Å². The summed E-state index contributed by atoms with van der Waals surface area (Å²) in [5.41, 5.74) is 2.29. The predicted molar refractivity (Wildman–Crippen MR) is 77.5 cm³/mol. The van der Waals surface area contributed by atoms with Crippen LogP contribution in [-0.2, 0) is 0 Å². The molecule has 5 heteroatoms. The van der Waals surface area contributed by atoms with Crippen LogP contribution in [0.5, 0.6) is 0 Å². The molecule has 1 N–H and O–H groups in total. The maximum atomic E-state index is 6.32. The monoisotopic (exact) mass is 283 g/mol. The van der Waals surface area contributed by atoms with E-state index in [4.69, 9.17) is 11.6 Å². The molecule has 18 heavy (non-hydrogen) atoms. The van der Waals surface area contributed by atoms with Gasteiger partial charge in [-0.2, -0.15) is 16.4 Å². The van der Waals surface area contributed by atoms with Crippen molar-refractivity contribution < 1.29 is 0 Å². The van der Waals surface area contributed by atoms with Crippen molar-refractivity contribution in [2.75, 3.05) is 6.54 Å². The highest BCUT2D eigenvalue weighted by molar-refractivity contribution is 7.08. The molecule has 0 bridgehead atoms. The Hall–Kier alpha value is -0.840. The molecule has 98 valence electrons. The Morgan fingerprint density at radius 2 is 2.28 bits per heavy atom. The SMILES string of the molecule is CCNC(c1ccsc1)c1c(Cl)cnn1C(C)C. The standard InChI is InChI=1S/C13H18ClN3S/c1-4-15-12(10-5-6-18-8-10)13-11(14)7-16-17(13)9(2)3/h5-9,12,15H,4H2,1-3H3. The van der Waals surface area contributed by atoms with Gasteiger partial charge in [0, 0.05) is 6.04 Å². The lowest BCUT2D eigenvalue weighted by molar-refractivity contribution is 0.477. The quantitative estimate of drug-likeness (QED) is 0.902. The van der Waals surface area contributed by atoms with E-state index >= 15 is 0 Å². The first kappa shape index (κ1) is 13.6. The molecule has 2 heterocycles. The lowest BCUT2D eigenvalue weighted by atomic mass is 10.1. The van der Waals surface area contributed by atoms with Crippen molar-refractivity contribution in [3.05, 3.63) is 39.3 Å². The molecule has 0 saturated heterocycles. The summed E-state index contributed by atoms with van der Waals surface area (Å²) in [4.78, 5) is 0. The Labute approximate surface area is 117 Å².